The third-order valence-corrected chi connectivity index (χ3v) is 5.06. The molecular weight excluding hydrogens is 224 g/mol. The van der Waals surface area contributed by atoms with Crippen molar-refractivity contribution in [2.45, 2.75) is 38.1 Å². The SMILES string of the molecule is CC1[C@H]2Cc3cc(C#N)c(O)cc3C1(C)CCN2. The van der Waals surface area contributed by atoms with Crippen LogP contribution in [0, 0.1) is 17.2 Å². The molecule has 94 valence electrons. The highest BCUT2D eigenvalue weighted by molar-refractivity contribution is 5.52. The summed E-state index contributed by atoms with van der Waals surface area (Å²) >= 11 is 0. The second-order valence-electron chi connectivity index (χ2n) is 5.86. The van der Waals surface area contributed by atoms with Crippen molar-refractivity contribution in [1.29, 1.82) is 5.26 Å². The standard InChI is InChI=1S/C15H18N2O/c1-9-13-6-10-5-11(8-16)14(18)7-12(10)15(9,2)3-4-17-13/h5,7,9,13,17-18H,3-4,6H2,1-2H3/t9?,13-,15?/m1/s1. The van der Waals surface area contributed by atoms with Gasteiger partial charge in [0, 0.05) is 6.04 Å². The molecule has 3 atom stereocenters. The van der Waals surface area contributed by atoms with Gasteiger partial charge in [-0.3, -0.25) is 0 Å². The molecule has 3 heteroatoms. The van der Waals surface area contributed by atoms with E-state index in [0.29, 0.717) is 17.5 Å². The van der Waals surface area contributed by atoms with Crippen LogP contribution >= 0.6 is 0 Å². The van der Waals surface area contributed by atoms with Crippen LogP contribution in [-0.4, -0.2) is 17.7 Å². The molecule has 0 amide bonds. The summed E-state index contributed by atoms with van der Waals surface area (Å²) in [6.07, 6.45) is 2.05. The number of nitriles is 1. The number of piperidine rings is 1. The number of phenols is 1. The number of hydrogen-bond acceptors (Lipinski definition) is 3. The number of aromatic hydroxyl groups is 1. The van der Waals surface area contributed by atoms with E-state index >= 15 is 0 Å². The second-order valence-corrected chi connectivity index (χ2v) is 5.86. The van der Waals surface area contributed by atoms with Crippen LogP contribution in [-0.2, 0) is 11.8 Å². The Balaban J connectivity index is 2.20. The van der Waals surface area contributed by atoms with Gasteiger partial charge in [-0.25, -0.2) is 0 Å². The molecule has 0 saturated carbocycles. The smallest absolute Gasteiger partial charge is 0.133 e. The highest BCUT2D eigenvalue weighted by Gasteiger charge is 2.45. The maximum atomic E-state index is 9.93. The van der Waals surface area contributed by atoms with E-state index in [4.69, 9.17) is 5.26 Å². The Labute approximate surface area is 107 Å². The summed E-state index contributed by atoms with van der Waals surface area (Å²) in [4.78, 5) is 0. The molecule has 2 unspecified atom stereocenters. The number of rotatable bonds is 0. The van der Waals surface area contributed by atoms with E-state index in [0.717, 1.165) is 19.4 Å². The lowest BCUT2D eigenvalue weighted by Gasteiger charge is -2.50. The minimum Gasteiger partial charge on any atom is -0.507 e. The van der Waals surface area contributed by atoms with Crippen LogP contribution in [0.25, 0.3) is 0 Å². The lowest BCUT2D eigenvalue weighted by molar-refractivity contribution is 0.158. The van der Waals surface area contributed by atoms with Crippen LogP contribution < -0.4 is 5.32 Å². The predicted octanol–water partition coefficient (Wildman–Crippen LogP) is 2.08. The molecule has 0 spiro atoms. The van der Waals surface area contributed by atoms with Crippen LogP contribution in [0.3, 0.4) is 0 Å². The quantitative estimate of drug-likeness (QED) is 0.732. The van der Waals surface area contributed by atoms with Crippen molar-refractivity contribution >= 4 is 0 Å². The average molecular weight is 242 g/mol. The Bertz CT molecular complexity index is 546. The van der Waals surface area contributed by atoms with Gasteiger partial charge in [0.15, 0.2) is 0 Å². The van der Waals surface area contributed by atoms with Gasteiger partial charge in [0.05, 0.1) is 5.56 Å². The van der Waals surface area contributed by atoms with Gasteiger partial charge in [0.1, 0.15) is 11.8 Å². The van der Waals surface area contributed by atoms with Crippen molar-refractivity contribution in [2.75, 3.05) is 6.54 Å². The minimum absolute atomic E-state index is 0.120. The van der Waals surface area contributed by atoms with Gasteiger partial charge in [-0.05, 0) is 54.0 Å². The molecule has 18 heavy (non-hydrogen) atoms. The third-order valence-electron chi connectivity index (χ3n) is 5.06. The fourth-order valence-corrected chi connectivity index (χ4v) is 3.65. The Kier molecular flexibility index (Phi) is 2.39. The predicted molar refractivity (Wildman–Crippen MR) is 69.4 cm³/mol. The fourth-order valence-electron chi connectivity index (χ4n) is 3.65. The summed E-state index contributed by atoms with van der Waals surface area (Å²) in [5.74, 6) is 0.688. The number of phenolic OH excluding ortho intramolecular Hbond substituents is 1. The van der Waals surface area contributed by atoms with Gasteiger partial charge >= 0.3 is 0 Å². The van der Waals surface area contributed by atoms with E-state index in [2.05, 4.69) is 25.2 Å². The van der Waals surface area contributed by atoms with E-state index in [1.165, 1.54) is 11.1 Å². The Hall–Kier alpha value is -1.53. The highest BCUT2D eigenvalue weighted by atomic mass is 16.3. The molecule has 1 aliphatic carbocycles. The monoisotopic (exact) mass is 242 g/mol. The first-order valence-corrected chi connectivity index (χ1v) is 6.56. The molecule has 1 aromatic rings. The Morgan fingerprint density at radius 3 is 3.00 bits per heavy atom. The van der Waals surface area contributed by atoms with Gasteiger partial charge < -0.3 is 10.4 Å². The summed E-state index contributed by atoms with van der Waals surface area (Å²) in [5, 5.41) is 22.5. The third kappa shape index (κ3) is 1.39. The highest BCUT2D eigenvalue weighted by Crippen LogP contribution is 2.47. The van der Waals surface area contributed by atoms with Gasteiger partial charge in [-0.1, -0.05) is 13.8 Å². The number of benzene rings is 1. The Morgan fingerprint density at radius 2 is 2.28 bits per heavy atom. The molecule has 1 aromatic carbocycles. The number of fused-ring (bicyclic) bond motifs is 4. The molecule has 2 bridgehead atoms. The molecule has 3 nitrogen and oxygen atoms in total. The zero-order chi connectivity index (χ0) is 12.9. The first kappa shape index (κ1) is 11.6. The summed E-state index contributed by atoms with van der Waals surface area (Å²) in [5.41, 5.74) is 2.98. The molecular formula is C15H18N2O. The van der Waals surface area contributed by atoms with Crippen LogP contribution in [0.1, 0.15) is 37.0 Å². The number of nitrogens with zero attached hydrogens (tertiary/aromatic N) is 1. The molecule has 2 N–H and O–H groups in total. The Morgan fingerprint density at radius 1 is 1.50 bits per heavy atom. The topological polar surface area (TPSA) is 56.0 Å². The van der Waals surface area contributed by atoms with Gasteiger partial charge in [-0.2, -0.15) is 5.26 Å². The van der Waals surface area contributed by atoms with Gasteiger partial charge in [0.2, 0.25) is 0 Å². The lowest BCUT2D eigenvalue weighted by Crippen LogP contribution is -2.56. The molecule has 0 aromatic heterocycles. The first-order valence-electron chi connectivity index (χ1n) is 6.56. The maximum absolute atomic E-state index is 9.93. The van der Waals surface area contributed by atoms with Crippen LogP contribution in [0.5, 0.6) is 5.75 Å². The molecule has 1 saturated heterocycles. The van der Waals surface area contributed by atoms with E-state index in [9.17, 15) is 5.11 Å². The van der Waals surface area contributed by atoms with Crippen molar-refractivity contribution < 1.29 is 5.11 Å². The summed E-state index contributed by atoms with van der Waals surface area (Å²) in [6.45, 7) is 5.61. The molecule has 0 radical (unpaired) electrons. The van der Waals surface area contributed by atoms with Gasteiger partial charge in [-0.15, -0.1) is 0 Å². The fraction of sp³-hybridized carbons (Fsp3) is 0.533. The lowest BCUT2D eigenvalue weighted by atomic mass is 9.59. The number of nitrogens with one attached hydrogen (secondary N) is 1. The molecule has 1 heterocycles. The largest absolute Gasteiger partial charge is 0.507 e. The second kappa shape index (κ2) is 3.73. The normalized spacial score (nSPS) is 33.6. The average Bonchev–Trinajstić information content (AvgIpc) is 2.34. The van der Waals surface area contributed by atoms with Crippen LogP contribution in [0.4, 0.5) is 0 Å². The van der Waals surface area contributed by atoms with E-state index in [1.54, 1.807) is 0 Å². The first-order chi connectivity index (χ1) is 8.56. The van der Waals surface area contributed by atoms with Crippen molar-refractivity contribution in [3.05, 3.63) is 28.8 Å². The van der Waals surface area contributed by atoms with Crippen molar-refractivity contribution in [1.82, 2.24) is 5.32 Å². The van der Waals surface area contributed by atoms with Crippen LogP contribution in [0.15, 0.2) is 12.1 Å². The maximum Gasteiger partial charge on any atom is 0.133 e. The van der Waals surface area contributed by atoms with Crippen molar-refractivity contribution in [3.8, 4) is 11.8 Å². The summed E-state index contributed by atoms with van der Waals surface area (Å²) in [7, 11) is 0. The zero-order valence-corrected chi connectivity index (χ0v) is 10.8. The van der Waals surface area contributed by atoms with Crippen molar-refractivity contribution in [2.24, 2.45) is 5.92 Å². The van der Waals surface area contributed by atoms with Gasteiger partial charge in [0.25, 0.3) is 0 Å². The van der Waals surface area contributed by atoms with E-state index in [1.807, 2.05) is 12.1 Å². The molecule has 2 aliphatic rings. The van der Waals surface area contributed by atoms with E-state index < -0.39 is 0 Å². The minimum atomic E-state index is 0.120. The molecule has 3 rings (SSSR count). The van der Waals surface area contributed by atoms with Crippen molar-refractivity contribution in [3.63, 3.8) is 0 Å². The molecule has 1 aliphatic heterocycles. The van der Waals surface area contributed by atoms with E-state index in [-0.39, 0.29) is 11.2 Å². The zero-order valence-electron chi connectivity index (χ0n) is 10.8. The summed E-state index contributed by atoms with van der Waals surface area (Å²) < 4.78 is 0. The summed E-state index contributed by atoms with van der Waals surface area (Å²) in [6, 6.07) is 6.25. The van der Waals surface area contributed by atoms with Crippen LogP contribution in [0.2, 0.25) is 0 Å². The number of hydrogen-bond donors (Lipinski definition) is 2. The molecule has 1 fully saturated rings.